The van der Waals surface area contributed by atoms with Crippen LogP contribution in [0.1, 0.15) is 13.8 Å². The van der Waals surface area contributed by atoms with E-state index in [1.54, 1.807) is 35.9 Å². The van der Waals surface area contributed by atoms with E-state index in [0.29, 0.717) is 17.2 Å². The molecule has 2 aromatic carbocycles. The fraction of sp³-hybridized carbons (Fsp3) is 0.192. The van der Waals surface area contributed by atoms with Crippen LogP contribution in [-0.2, 0) is 0 Å². The smallest absolute Gasteiger partial charge is 0.165 e. The third kappa shape index (κ3) is 5.14. The second-order valence-corrected chi connectivity index (χ2v) is 9.32. The molecular weight excluding hydrogens is 479 g/mol. The first kappa shape index (κ1) is 23.7. The molecule has 36 heavy (non-hydrogen) atoms. The Balaban J connectivity index is 1.44. The summed E-state index contributed by atoms with van der Waals surface area (Å²) in [5.41, 5.74) is 6.91. The van der Waals surface area contributed by atoms with Crippen LogP contribution in [0, 0.1) is 5.82 Å². The zero-order valence-electron chi connectivity index (χ0n) is 19.7. The molecule has 3 heterocycles. The van der Waals surface area contributed by atoms with Crippen molar-refractivity contribution >= 4 is 38.7 Å². The van der Waals surface area contributed by atoms with Gasteiger partial charge in [0.1, 0.15) is 18.2 Å². The van der Waals surface area contributed by atoms with Crippen molar-refractivity contribution in [3.05, 3.63) is 66.2 Å². The summed E-state index contributed by atoms with van der Waals surface area (Å²) < 4.78 is 20.4. The number of thiazole rings is 1. The third-order valence-corrected chi connectivity index (χ3v) is 6.16. The van der Waals surface area contributed by atoms with Crippen LogP contribution >= 0.6 is 11.3 Å². The van der Waals surface area contributed by atoms with Crippen LogP contribution < -0.4 is 15.4 Å². The Kier molecular flexibility index (Phi) is 6.79. The summed E-state index contributed by atoms with van der Waals surface area (Å²) in [7, 11) is 0. The van der Waals surface area contributed by atoms with E-state index in [2.05, 4.69) is 50.5 Å². The molecule has 0 fully saturated rings. The standard InChI is InChI=1S/C26H25FN6O2S/c1-15(2)31-21-11-25(32-17-4-6-20-24(10-17)36-14-30-20)28-12-18(21)22-13-29-26(33-22)16-3-5-19(27)23(9-16)35-8-7-34/h3-6,9-15,34H,7-8H2,1-2H3,(H,29,33)(H2,28,31,32). The highest BCUT2D eigenvalue weighted by Gasteiger charge is 2.14. The number of hydrogen-bond acceptors (Lipinski definition) is 8. The minimum atomic E-state index is -0.496. The van der Waals surface area contributed by atoms with Crippen molar-refractivity contribution in [2.24, 2.45) is 0 Å². The fourth-order valence-electron chi connectivity index (χ4n) is 3.77. The zero-order valence-corrected chi connectivity index (χ0v) is 20.6. The number of aliphatic hydroxyl groups excluding tert-OH is 1. The van der Waals surface area contributed by atoms with E-state index in [-0.39, 0.29) is 25.0 Å². The maximum Gasteiger partial charge on any atom is 0.165 e. The van der Waals surface area contributed by atoms with Crippen LogP contribution in [0.15, 0.2) is 60.4 Å². The second kappa shape index (κ2) is 10.3. The first-order chi connectivity index (χ1) is 17.5. The van der Waals surface area contributed by atoms with Gasteiger partial charge in [-0.15, -0.1) is 11.3 Å². The van der Waals surface area contributed by atoms with Gasteiger partial charge in [0.2, 0.25) is 0 Å². The lowest BCUT2D eigenvalue weighted by molar-refractivity contribution is 0.196. The van der Waals surface area contributed by atoms with Gasteiger partial charge in [-0.05, 0) is 50.2 Å². The summed E-state index contributed by atoms with van der Waals surface area (Å²) >= 11 is 1.59. The molecule has 0 bridgehead atoms. The number of aliphatic hydroxyl groups is 1. The van der Waals surface area contributed by atoms with E-state index in [9.17, 15) is 4.39 Å². The van der Waals surface area contributed by atoms with E-state index >= 15 is 0 Å². The van der Waals surface area contributed by atoms with Gasteiger partial charge >= 0.3 is 0 Å². The summed E-state index contributed by atoms with van der Waals surface area (Å²) in [4.78, 5) is 16.7. The van der Waals surface area contributed by atoms with E-state index < -0.39 is 5.82 Å². The Bertz CT molecular complexity index is 1500. The summed E-state index contributed by atoms with van der Waals surface area (Å²) in [5, 5.41) is 15.8. The predicted octanol–water partition coefficient (Wildman–Crippen LogP) is 5.82. The molecule has 0 saturated carbocycles. The van der Waals surface area contributed by atoms with Crippen LogP contribution in [0.5, 0.6) is 5.75 Å². The number of rotatable bonds is 9. The van der Waals surface area contributed by atoms with Gasteiger partial charge in [-0.3, -0.25) is 0 Å². The number of benzene rings is 2. The number of anilines is 3. The van der Waals surface area contributed by atoms with E-state index in [1.807, 2.05) is 23.7 Å². The number of nitrogens with zero attached hydrogens (tertiary/aromatic N) is 3. The number of ether oxygens (including phenoxy) is 1. The lowest BCUT2D eigenvalue weighted by Crippen LogP contribution is -2.11. The van der Waals surface area contributed by atoms with Crippen molar-refractivity contribution in [2.75, 3.05) is 23.8 Å². The molecule has 0 amide bonds. The van der Waals surface area contributed by atoms with Crippen LogP contribution in [0.3, 0.4) is 0 Å². The third-order valence-electron chi connectivity index (χ3n) is 5.37. The Morgan fingerprint density at radius 1 is 1.08 bits per heavy atom. The summed E-state index contributed by atoms with van der Waals surface area (Å²) in [6.45, 7) is 3.95. The number of H-pyrrole nitrogens is 1. The Morgan fingerprint density at radius 3 is 2.81 bits per heavy atom. The number of nitrogens with one attached hydrogen (secondary N) is 3. The lowest BCUT2D eigenvalue weighted by atomic mass is 10.1. The molecular formula is C26H25FN6O2S. The topological polar surface area (TPSA) is 108 Å². The molecule has 0 radical (unpaired) electrons. The van der Waals surface area contributed by atoms with Gasteiger partial charge in [0.25, 0.3) is 0 Å². The van der Waals surface area contributed by atoms with Crippen molar-refractivity contribution in [1.82, 2.24) is 19.9 Å². The number of aromatic amines is 1. The van der Waals surface area contributed by atoms with Crippen LogP contribution in [0.25, 0.3) is 32.9 Å². The average molecular weight is 505 g/mol. The highest BCUT2D eigenvalue weighted by Crippen LogP contribution is 2.33. The van der Waals surface area contributed by atoms with Crippen molar-refractivity contribution in [1.29, 1.82) is 0 Å². The molecule has 0 spiro atoms. The highest BCUT2D eigenvalue weighted by atomic mass is 32.1. The van der Waals surface area contributed by atoms with E-state index in [0.717, 1.165) is 32.8 Å². The fourth-order valence-corrected chi connectivity index (χ4v) is 4.49. The summed E-state index contributed by atoms with van der Waals surface area (Å²) in [6.07, 6.45) is 3.51. The number of pyridine rings is 1. The van der Waals surface area contributed by atoms with Gasteiger partial charge in [-0.2, -0.15) is 0 Å². The molecule has 0 aliphatic rings. The number of halogens is 1. The number of imidazole rings is 1. The molecule has 8 nitrogen and oxygen atoms in total. The molecule has 5 rings (SSSR count). The van der Waals surface area contributed by atoms with Gasteiger partial charge in [0.05, 0.1) is 34.2 Å². The maximum absolute atomic E-state index is 14.0. The summed E-state index contributed by atoms with van der Waals surface area (Å²) in [6, 6.07) is 12.7. The Hall–Kier alpha value is -4.02. The number of aromatic nitrogens is 4. The van der Waals surface area contributed by atoms with Gasteiger partial charge in [-0.1, -0.05) is 0 Å². The molecule has 3 aromatic heterocycles. The predicted molar refractivity (Wildman–Crippen MR) is 141 cm³/mol. The van der Waals surface area contributed by atoms with Gasteiger partial charge in [0, 0.05) is 40.8 Å². The second-order valence-electron chi connectivity index (χ2n) is 8.44. The van der Waals surface area contributed by atoms with Crippen molar-refractivity contribution < 1.29 is 14.2 Å². The Labute approximate surface area is 211 Å². The van der Waals surface area contributed by atoms with Gasteiger partial charge in [-0.25, -0.2) is 19.3 Å². The van der Waals surface area contributed by atoms with Crippen molar-refractivity contribution in [2.45, 2.75) is 19.9 Å². The van der Waals surface area contributed by atoms with Gasteiger partial charge < -0.3 is 25.5 Å². The maximum atomic E-state index is 14.0. The van der Waals surface area contributed by atoms with Crippen LogP contribution in [0.4, 0.5) is 21.6 Å². The molecule has 0 aliphatic heterocycles. The average Bonchev–Trinajstić information content (AvgIpc) is 3.53. The summed E-state index contributed by atoms with van der Waals surface area (Å²) in [5.74, 6) is 0.837. The highest BCUT2D eigenvalue weighted by molar-refractivity contribution is 7.16. The molecule has 0 atom stereocenters. The molecule has 0 saturated heterocycles. The normalized spacial score (nSPS) is 11.2. The molecule has 5 aromatic rings. The zero-order chi connectivity index (χ0) is 25.1. The molecule has 0 aliphatic carbocycles. The van der Waals surface area contributed by atoms with Crippen molar-refractivity contribution in [3.8, 4) is 28.4 Å². The number of fused-ring (bicyclic) bond motifs is 1. The first-order valence-electron chi connectivity index (χ1n) is 11.5. The van der Waals surface area contributed by atoms with Crippen LogP contribution in [0.2, 0.25) is 0 Å². The van der Waals surface area contributed by atoms with Crippen LogP contribution in [-0.4, -0.2) is 44.3 Å². The molecule has 4 N–H and O–H groups in total. The minimum absolute atomic E-state index is 0.0120. The van der Waals surface area contributed by atoms with Gasteiger partial charge in [0.15, 0.2) is 11.6 Å². The largest absolute Gasteiger partial charge is 0.488 e. The SMILES string of the molecule is CC(C)Nc1cc(Nc2ccc3ncsc3c2)ncc1-c1cnc(-c2ccc(F)c(OCCO)c2)[nH]1. The van der Waals surface area contributed by atoms with Crippen molar-refractivity contribution in [3.63, 3.8) is 0 Å². The lowest BCUT2D eigenvalue weighted by Gasteiger charge is -2.16. The molecule has 10 heteroatoms. The monoisotopic (exact) mass is 504 g/mol. The van der Waals surface area contributed by atoms with E-state index in [4.69, 9.17) is 9.84 Å². The molecule has 0 unspecified atom stereocenters. The molecule has 184 valence electrons. The number of hydrogen-bond donors (Lipinski definition) is 4. The first-order valence-corrected chi connectivity index (χ1v) is 12.3. The Morgan fingerprint density at radius 2 is 1.97 bits per heavy atom. The van der Waals surface area contributed by atoms with E-state index in [1.165, 1.54) is 6.07 Å². The quantitative estimate of drug-likeness (QED) is 0.200. The minimum Gasteiger partial charge on any atom is -0.488 e.